The quantitative estimate of drug-likeness (QED) is 0.152. The Bertz CT molecular complexity index is 1360. The molecule has 1 heterocycles. The van der Waals surface area contributed by atoms with Gasteiger partial charge in [-0.25, -0.2) is 0 Å². The fourth-order valence-corrected chi connectivity index (χ4v) is 6.74. The van der Waals surface area contributed by atoms with Crippen molar-refractivity contribution in [3.05, 3.63) is 92.0 Å². The van der Waals surface area contributed by atoms with Gasteiger partial charge in [0.1, 0.15) is 0 Å². The van der Waals surface area contributed by atoms with Gasteiger partial charge >= 0.3 is 51.4 Å². The maximum Gasteiger partial charge on any atom is 1.00 e. The van der Waals surface area contributed by atoms with Gasteiger partial charge in [-0.3, -0.25) is 0 Å². The predicted molar refractivity (Wildman–Crippen MR) is 155 cm³/mol. The smallest absolute Gasteiger partial charge is 0.662 e. The molecule has 1 aliphatic carbocycles. The third kappa shape index (κ3) is 6.59. The van der Waals surface area contributed by atoms with Gasteiger partial charge in [0.2, 0.25) is 0 Å². The largest absolute Gasteiger partial charge is 1.00 e. The maximum absolute atomic E-state index is 7.05. The van der Waals surface area contributed by atoms with Crippen molar-refractivity contribution >= 4 is 61.1 Å². The molecule has 1 aromatic heterocycles. The number of rotatable bonds is 10. The number of halogens is 2. The second-order valence-corrected chi connectivity index (χ2v) is 11.1. The zero-order valence-electron chi connectivity index (χ0n) is 21.2. The van der Waals surface area contributed by atoms with Crippen molar-refractivity contribution in [2.75, 3.05) is 19.6 Å². The van der Waals surface area contributed by atoms with Crippen LogP contribution in [0.5, 0.6) is 0 Å². The summed E-state index contributed by atoms with van der Waals surface area (Å²) in [5.74, 6) is 0. The maximum atomic E-state index is 7.05. The van der Waals surface area contributed by atoms with Crippen molar-refractivity contribution in [2.45, 2.75) is 45.6 Å². The molecule has 0 bridgehead atoms. The molecule has 0 saturated heterocycles. The summed E-state index contributed by atoms with van der Waals surface area (Å²) in [6, 6.07) is 21.5. The summed E-state index contributed by atoms with van der Waals surface area (Å²) in [6.07, 6.45) is 5.79. The summed E-state index contributed by atoms with van der Waals surface area (Å²) in [7, 11) is 0. The second-order valence-electron chi connectivity index (χ2n) is 9.26. The van der Waals surface area contributed by atoms with Crippen LogP contribution in [0.2, 0.25) is 10.0 Å². The number of fused-ring (bicyclic) bond motifs is 2. The van der Waals surface area contributed by atoms with Gasteiger partial charge in [0, 0.05) is 28.2 Å². The third-order valence-electron chi connectivity index (χ3n) is 6.82. The van der Waals surface area contributed by atoms with E-state index in [0.29, 0.717) is 0 Å². The van der Waals surface area contributed by atoms with E-state index in [4.69, 9.17) is 23.2 Å². The van der Waals surface area contributed by atoms with Crippen LogP contribution in [-0.2, 0) is 6.54 Å². The van der Waals surface area contributed by atoms with Gasteiger partial charge in [-0.05, 0) is 65.8 Å². The number of allylic oxidation sites excluding steroid dienone is 1. The zero-order valence-corrected chi connectivity index (χ0v) is 26.6. The van der Waals surface area contributed by atoms with Crippen LogP contribution in [0.3, 0.4) is 0 Å². The average molecular weight is 562 g/mol. The van der Waals surface area contributed by atoms with Crippen molar-refractivity contribution < 1.29 is 51.4 Å². The molecule has 2 nitrogen and oxygen atoms in total. The molecule has 36 heavy (non-hydrogen) atoms. The van der Waals surface area contributed by atoms with E-state index in [1.807, 2.05) is 12.1 Å². The Balaban J connectivity index is 0.00000304. The standard InChI is InChI=1S/C30H31Cl2N2S.K/c1-2-33-16-5-6-17-34(20-21-12-13-22-8-3-4-9-24(22)18-21)29(23-10-7-11-23)30-28(32)26-15-14-25(31)19-27(26)35-30;/h3-4,8-9,12-15,18-19H,2,5-7,10-11,16-17,20H2,1H3;/q-1;+1. The summed E-state index contributed by atoms with van der Waals surface area (Å²) in [5.41, 5.74) is 4.21. The van der Waals surface area contributed by atoms with E-state index in [-0.39, 0.29) is 51.4 Å². The van der Waals surface area contributed by atoms with Gasteiger partial charge in [0.15, 0.2) is 0 Å². The Morgan fingerprint density at radius 2 is 1.78 bits per heavy atom. The molecule has 0 atom stereocenters. The van der Waals surface area contributed by atoms with Crippen molar-refractivity contribution in [3.8, 4) is 0 Å². The minimum absolute atomic E-state index is 0. The molecule has 6 heteroatoms. The van der Waals surface area contributed by atoms with E-state index in [2.05, 4.69) is 65.7 Å². The topological polar surface area (TPSA) is 17.3 Å². The van der Waals surface area contributed by atoms with E-state index < -0.39 is 0 Å². The van der Waals surface area contributed by atoms with Crippen molar-refractivity contribution in [1.29, 1.82) is 0 Å². The molecule has 0 spiro atoms. The predicted octanol–water partition coefficient (Wildman–Crippen LogP) is 6.94. The van der Waals surface area contributed by atoms with Crippen LogP contribution in [-0.4, -0.2) is 24.5 Å². The monoisotopic (exact) mass is 560 g/mol. The van der Waals surface area contributed by atoms with E-state index in [1.54, 1.807) is 11.3 Å². The molecule has 1 aliphatic rings. The minimum Gasteiger partial charge on any atom is -0.662 e. The van der Waals surface area contributed by atoms with E-state index in [1.165, 1.54) is 38.9 Å². The molecule has 0 unspecified atom stereocenters. The van der Waals surface area contributed by atoms with Gasteiger partial charge in [-0.15, -0.1) is 17.9 Å². The van der Waals surface area contributed by atoms with Gasteiger partial charge in [-0.1, -0.05) is 79.0 Å². The summed E-state index contributed by atoms with van der Waals surface area (Å²) in [5, 5.41) is 9.83. The fourth-order valence-electron chi connectivity index (χ4n) is 4.82. The van der Waals surface area contributed by atoms with Gasteiger partial charge in [0.25, 0.3) is 0 Å². The molecule has 1 saturated carbocycles. The van der Waals surface area contributed by atoms with E-state index in [0.717, 1.165) is 72.0 Å². The first-order valence-corrected chi connectivity index (χ1v) is 14.2. The first-order valence-electron chi connectivity index (χ1n) is 12.6. The van der Waals surface area contributed by atoms with Crippen LogP contribution in [0.15, 0.2) is 66.2 Å². The molecule has 4 aromatic rings. The van der Waals surface area contributed by atoms with Crippen molar-refractivity contribution in [2.24, 2.45) is 0 Å². The Hall–Kier alpha value is -0.404. The summed E-state index contributed by atoms with van der Waals surface area (Å²) < 4.78 is 1.15. The molecule has 5 rings (SSSR count). The normalized spacial score (nSPS) is 13.0. The van der Waals surface area contributed by atoms with E-state index in [9.17, 15) is 0 Å². The number of hydrogen-bond acceptors (Lipinski definition) is 2. The summed E-state index contributed by atoms with van der Waals surface area (Å²) in [6.45, 7) is 5.82. The first kappa shape index (κ1) is 28.6. The van der Waals surface area contributed by atoms with Crippen molar-refractivity contribution in [3.63, 3.8) is 0 Å². The molecule has 0 radical (unpaired) electrons. The Morgan fingerprint density at radius 1 is 0.972 bits per heavy atom. The van der Waals surface area contributed by atoms with Gasteiger partial charge in [0.05, 0.1) is 15.6 Å². The zero-order chi connectivity index (χ0) is 24.2. The van der Waals surface area contributed by atoms with E-state index >= 15 is 0 Å². The summed E-state index contributed by atoms with van der Waals surface area (Å²) >= 11 is 15.1. The third-order valence-corrected chi connectivity index (χ3v) is 8.72. The molecular formula is C30H31Cl2KN2S. The summed E-state index contributed by atoms with van der Waals surface area (Å²) in [4.78, 5) is 3.78. The van der Waals surface area contributed by atoms with Gasteiger partial charge < -0.3 is 10.2 Å². The molecular weight excluding hydrogens is 530 g/mol. The molecule has 1 fully saturated rings. The average Bonchev–Trinajstić information content (AvgIpc) is 3.15. The van der Waals surface area contributed by atoms with Crippen LogP contribution >= 0.6 is 34.5 Å². The first-order chi connectivity index (χ1) is 17.1. The number of thiophene rings is 1. The molecule has 3 aromatic carbocycles. The van der Waals surface area contributed by atoms with Gasteiger partial charge in [-0.2, -0.15) is 6.54 Å². The molecule has 0 aliphatic heterocycles. The number of unbranched alkanes of at least 4 members (excludes halogenated alkanes) is 1. The Kier molecular flexibility index (Phi) is 10.8. The van der Waals surface area contributed by atoms with Crippen LogP contribution in [0.1, 0.15) is 49.5 Å². The minimum atomic E-state index is 0. The molecule has 0 amide bonds. The second kappa shape index (κ2) is 13.6. The van der Waals surface area contributed by atoms with Crippen LogP contribution in [0, 0.1) is 0 Å². The number of nitrogens with zero attached hydrogens (tertiary/aromatic N) is 2. The molecule has 182 valence electrons. The SMILES string of the molecule is CC[N-]CCCCN(Cc1ccc2ccccc2c1)C(=C1CCC1)c1sc2cc(Cl)ccc2c1Cl.[K+]. The Morgan fingerprint density at radius 3 is 2.53 bits per heavy atom. The number of hydrogen-bond donors (Lipinski definition) is 0. The fraction of sp³-hybridized carbons (Fsp3) is 0.333. The van der Waals surface area contributed by atoms with Crippen molar-refractivity contribution in [1.82, 2.24) is 4.90 Å². The Labute approximate surface area is 271 Å². The van der Waals surface area contributed by atoms with Crippen LogP contribution < -0.4 is 51.4 Å². The van der Waals surface area contributed by atoms with Crippen LogP contribution in [0.25, 0.3) is 31.9 Å². The number of benzene rings is 3. The van der Waals surface area contributed by atoms with Crippen LogP contribution in [0.4, 0.5) is 0 Å². The molecule has 0 N–H and O–H groups in total.